The van der Waals surface area contributed by atoms with Gasteiger partial charge in [-0.05, 0) is 43.1 Å². The van der Waals surface area contributed by atoms with Crippen LogP contribution in [-0.4, -0.2) is 31.4 Å². The maximum Gasteiger partial charge on any atom is 0.135 e. The van der Waals surface area contributed by atoms with Gasteiger partial charge >= 0.3 is 0 Å². The van der Waals surface area contributed by atoms with Crippen LogP contribution in [0.25, 0.3) is 0 Å². The monoisotopic (exact) mass is 253 g/mol. The number of aromatic nitrogens is 3. The van der Waals surface area contributed by atoms with Crippen molar-refractivity contribution in [3.63, 3.8) is 0 Å². The Kier molecular flexibility index (Phi) is 3.38. The molecule has 0 amide bonds. The summed E-state index contributed by atoms with van der Waals surface area (Å²) in [4.78, 5) is 0. The summed E-state index contributed by atoms with van der Waals surface area (Å²) in [5, 5.41) is 18.5. The zero-order valence-corrected chi connectivity index (χ0v) is 10.8. The van der Waals surface area contributed by atoms with Crippen molar-refractivity contribution in [1.82, 2.24) is 14.8 Å². The highest BCUT2D eigenvalue weighted by atomic mass is 32.2. The zero-order chi connectivity index (χ0) is 11.7. The number of aliphatic hydroxyl groups is 1. The molecule has 0 radical (unpaired) electrons. The summed E-state index contributed by atoms with van der Waals surface area (Å²) in [5.41, 5.74) is 0. The number of aryl methyl sites for hydroxylation is 1. The number of aliphatic hydroxyl groups excluding tert-OH is 1. The Balaban J connectivity index is 1.76. The molecule has 94 valence electrons. The Bertz CT molecular complexity index is 387. The largest absolute Gasteiger partial charge is 0.373 e. The molecule has 1 fully saturated rings. The van der Waals surface area contributed by atoms with Crippen LogP contribution in [0.3, 0.4) is 0 Å². The van der Waals surface area contributed by atoms with E-state index in [4.69, 9.17) is 0 Å². The number of fused-ring (bicyclic) bond motifs is 1. The molecule has 17 heavy (non-hydrogen) atoms. The lowest BCUT2D eigenvalue weighted by molar-refractivity contribution is 0.0742. The Labute approximate surface area is 106 Å². The van der Waals surface area contributed by atoms with Crippen LogP contribution < -0.4 is 0 Å². The minimum absolute atomic E-state index is 0.387. The van der Waals surface area contributed by atoms with E-state index in [2.05, 4.69) is 10.2 Å². The topological polar surface area (TPSA) is 50.9 Å². The van der Waals surface area contributed by atoms with E-state index in [0.717, 1.165) is 43.3 Å². The molecular weight excluding hydrogens is 234 g/mol. The van der Waals surface area contributed by atoms with Gasteiger partial charge in [-0.3, -0.25) is 4.57 Å². The summed E-state index contributed by atoms with van der Waals surface area (Å²) in [5.74, 6) is 5.26. The molecule has 2 aliphatic rings. The third-order valence-electron chi connectivity index (χ3n) is 3.81. The fraction of sp³-hybridized carbons (Fsp3) is 0.833. The molecule has 1 atom stereocenters. The Morgan fingerprint density at radius 2 is 2.06 bits per heavy atom. The first-order valence-corrected chi connectivity index (χ1v) is 7.68. The van der Waals surface area contributed by atoms with Crippen molar-refractivity contribution in [2.24, 2.45) is 5.92 Å². The van der Waals surface area contributed by atoms with Gasteiger partial charge in [0.15, 0.2) is 0 Å². The van der Waals surface area contributed by atoms with Gasteiger partial charge < -0.3 is 5.11 Å². The van der Waals surface area contributed by atoms with E-state index in [1.165, 1.54) is 24.3 Å². The first-order chi connectivity index (χ1) is 8.34. The van der Waals surface area contributed by atoms with Crippen LogP contribution in [0.2, 0.25) is 0 Å². The van der Waals surface area contributed by atoms with E-state index in [1.54, 1.807) is 0 Å². The van der Waals surface area contributed by atoms with Crippen LogP contribution in [0.5, 0.6) is 0 Å². The Morgan fingerprint density at radius 1 is 1.24 bits per heavy atom. The van der Waals surface area contributed by atoms with Gasteiger partial charge in [-0.25, -0.2) is 0 Å². The summed E-state index contributed by atoms with van der Waals surface area (Å²) in [6, 6.07) is 0. The molecule has 1 N–H and O–H groups in total. The number of hydrogen-bond donors (Lipinski definition) is 1. The van der Waals surface area contributed by atoms with Gasteiger partial charge in [-0.1, -0.05) is 0 Å². The predicted octanol–water partition coefficient (Wildman–Crippen LogP) is 1.79. The molecule has 3 heterocycles. The molecular formula is C12H19N3OS. The summed E-state index contributed by atoms with van der Waals surface area (Å²) in [6.07, 6.45) is 6.00. The molecule has 0 saturated carbocycles. The molecule has 3 rings (SSSR count). The van der Waals surface area contributed by atoms with Crippen LogP contribution in [0.1, 0.15) is 43.6 Å². The first kappa shape index (κ1) is 11.5. The first-order valence-electron chi connectivity index (χ1n) is 6.53. The van der Waals surface area contributed by atoms with Gasteiger partial charge in [0.1, 0.15) is 17.9 Å². The van der Waals surface area contributed by atoms with Gasteiger partial charge in [0.05, 0.1) is 0 Å². The van der Waals surface area contributed by atoms with E-state index in [1.807, 2.05) is 16.3 Å². The van der Waals surface area contributed by atoms with Crippen molar-refractivity contribution in [3.8, 4) is 0 Å². The number of rotatable bonds is 2. The number of thioether (sulfide) groups is 1. The Morgan fingerprint density at radius 3 is 2.88 bits per heavy atom. The summed E-state index contributed by atoms with van der Waals surface area (Å²) in [6.45, 7) is 0. The molecule has 1 aromatic rings. The van der Waals surface area contributed by atoms with E-state index in [9.17, 15) is 5.11 Å². The minimum atomic E-state index is -0.387. The highest BCUT2D eigenvalue weighted by Crippen LogP contribution is 2.28. The molecule has 0 bridgehead atoms. The van der Waals surface area contributed by atoms with Gasteiger partial charge in [0, 0.05) is 12.8 Å². The smallest absolute Gasteiger partial charge is 0.135 e. The molecule has 1 aromatic heterocycles. The van der Waals surface area contributed by atoms with Crippen molar-refractivity contribution >= 4 is 11.8 Å². The second-order valence-electron chi connectivity index (χ2n) is 5.04. The van der Waals surface area contributed by atoms with E-state index in [0.29, 0.717) is 0 Å². The van der Waals surface area contributed by atoms with Crippen LogP contribution in [0.15, 0.2) is 0 Å². The number of hydrogen-bond acceptors (Lipinski definition) is 4. The van der Waals surface area contributed by atoms with E-state index in [-0.39, 0.29) is 6.23 Å². The fourth-order valence-electron chi connectivity index (χ4n) is 2.80. The summed E-state index contributed by atoms with van der Waals surface area (Å²) >= 11 is 2.05. The second-order valence-corrected chi connectivity index (χ2v) is 6.26. The minimum Gasteiger partial charge on any atom is -0.373 e. The van der Waals surface area contributed by atoms with E-state index < -0.39 is 0 Å². The van der Waals surface area contributed by atoms with Crippen molar-refractivity contribution < 1.29 is 5.11 Å². The van der Waals surface area contributed by atoms with Crippen molar-refractivity contribution in [3.05, 3.63) is 11.6 Å². The molecule has 2 aliphatic heterocycles. The van der Waals surface area contributed by atoms with Gasteiger partial charge in [0.2, 0.25) is 0 Å². The number of nitrogens with zero attached hydrogens (tertiary/aromatic N) is 3. The van der Waals surface area contributed by atoms with Crippen LogP contribution in [-0.2, 0) is 12.8 Å². The third-order valence-corrected chi connectivity index (χ3v) is 4.86. The van der Waals surface area contributed by atoms with Crippen LogP contribution >= 0.6 is 11.8 Å². The lowest BCUT2D eigenvalue weighted by atomic mass is 9.98. The van der Waals surface area contributed by atoms with Gasteiger partial charge in [0.25, 0.3) is 0 Å². The SMILES string of the molecule is OC1CCCc2nnc(CC3CCSCC3)n21. The average Bonchev–Trinajstić information content (AvgIpc) is 2.75. The zero-order valence-electron chi connectivity index (χ0n) is 10.0. The van der Waals surface area contributed by atoms with Gasteiger partial charge in [-0.2, -0.15) is 11.8 Å². The predicted molar refractivity (Wildman–Crippen MR) is 68.0 cm³/mol. The molecule has 1 saturated heterocycles. The summed E-state index contributed by atoms with van der Waals surface area (Å²) in [7, 11) is 0. The molecule has 0 aliphatic carbocycles. The lowest BCUT2D eigenvalue weighted by Gasteiger charge is -2.24. The molecule has 5 heteroatoms. The van der Waals surface area contributed by atoms with Crippen LogP contribution in [0, 0.1) is 5.92 Å². The van der Waals surface area contributed by atoms with E-state index >= 15 is 0 Å². The maximum absolute atomic E-state index is 10.0. The average molecular weight is 253 g/mol. The third kappa shape index (κ3) is 2.36. The highest BCUT2D eigenvalue weighted by molar-refractivity contribution is 7.99. The lowest BCUT2D eigenvalue weighted by Crippen LogP contribution is -2.22. The fourth-order valence-corrected chi connectivity index (χ4v) is 4.00. The van der Waals surface area contributed by atoms with Crippen LogP contribution in [0.4, 0.5) is 0 Å². The maximum atomic E-state index is 10.0. The quantitative estimate of drug-likeness (QED) is 0.873. The molecule has 1 unspecified atom stereocenters. The molecule has 0 spiro atoms. The van der Waals surface area contributed by atoms with Crippen molar-refractivity contribution in [2.45, 2.75) is 44.8 Å². The normalized spacial score (nSPS) is 25.8. The van der Waals surface area contributed by atoms with Gasteiger partial charge in [-0.15, -0.1) is 10.2 Å². The second kappa shape index (κ2) is 4.98. The Hall–Kier alpha value is -0.550. The molecule has 0 aromatic carbocycles. The van der Waals surface area contributed by atoms with Crippen molar-refractivity contribution in [2.75, 3.05) is 11.5 Å². The van der Waals surface area contributed by atoms with Crippen molar-refractivity contribution in [1.29, 1.82) is 0 Å². The highest BCUT2D eigenvalue weighted by Gasteiger charge is 2.25. The molecule has 4 nitrogen and oxygen atoms in total. The summed E-state index contributed by atoms with van der Waals surface area (Å²) < 4.78 is 1.98. The standard InChI is InChI=1S/C12H19N3OS/c16-12-3-1-2-10-13-14-11(15(10)12)8-9-4-6-17-7-5-9/h9,12,16H,1-8H2.